The minimum Gasteiger partial charge on any atom is -0.489 e. The number of halogens is 1. The fourth-order valence-corrected chi connectivity index (χ4v) is 2.87. The van der Waals surface area contributed by atoms with E-state index >= 15 is 0 Å². The van der Waals surface area contributed by atoms with Gasteiger partial charge in [0.1, 0.15) is 11.8 Å². The largest absolute Gasteiger partial charge is 0.489 e. The van der Waals surface area contributed by atoms with Gasteiger partial charge in [-0.1, -0.05) is 11.6 Å². The van der Waals surface area contributed by atoms with E-state index in [0.29, 0.717) is 5.75 Å². The Labute approximate surface area is 156 Å². The molecule has 0 radical (unpaired) electrons. The summed E-state index contributed by atoms with van der Waals surface area (Å²) < 4.78 is 5.88. The van der Waals surface area contributed by atoms with Gasteiger partial charge >= 0.3 is 0 Å². The number of nitrogens with one attached hydrogen (secondary N) is 1. The Morgan fingerprint density at radius 1 is 1.50 bits per heavy atom. The van der Waals surface area contributed by atoms with E-state index in [1.54, 1.807) is 6.07 Å². The van der Waals surface area contributed by atoms with Crippen LogP contribution in [0.25, 0.3) is 0 Å². The Bertz CT molecular complexity index is 763. The maximum Gasteiger partial charge on any atom is 0.273 e. The Hall–Kier alpha value is -2.79. The van der Waals surface area contributed by atoms with Crippen molar-refractivity contribution in [2.75, 3.05) is 7.05 Å². The van der Waals surface area contributed by atoms with Crippen LogP contribution in [0.2, 0.25) is 5.02 Å². The van der Waals surface area contributed by atoms with E-state index in [2.05, 4.69) is 32.2 Å². The summed E-state index contributed by atoms with van der Waals surface area (Å²) >= 11 is 5.96. The van der Waals surface area contributed by atoms with Crippen LogP contribution in [0, 0.1) is 11.3 Å². The van der Waals surface area contributed by atoms with Crippen LogP contribution in [0.4, 0.5) is 0 Å². The summed E-state index contributed by atoms with van der Waals surface area (Å²) in [6.07, 6.45) is 5.87. The van der Waals surface area contributed by atoms with E-state index in [1.165, 1.54) is 19.4 Å². The topological polar surface area (TPSA) is 112 Å². The highest BCUT2D eigenvalue weighted by atomic mass is 35.5. The lowest BCUT2D eigenvalue weighted by Gasteiger charge is -2.29. The molecule has 0 bridgehead atoms. The van der Waals surface area contributed by atoms with Crippen molar-refractivity contribution >= 4 is 24.2 Å². The third-order valence-corrected chi connectivity index (χ3v) is 4.18. The van der Waals surface area contributed by atoms with E-state index in [4.69, 9.17) is 21.6 Å². The van der Waals surface area contributed by atoms with E-state index in [1.807, 2.05) is 6.07 Å². The first-order valence-electron chi connectivity index (χ1n) is 8.06. The first-order valence-corrected chi connectivity index (χ1v) is 8.44. The van der Waals surface area contributed by atoms with Gasteiger partial charge in [0.15, 0.2) is 11.4 Å². The number of aliphatic imine (C=N–C) groups is 1. The predicted molar refractivity (Wildman–Crippen MR) is 97.2 cm³/mol. The summed E-state index contributed by atoms with van der Waals surface area (Å²) in [7, 11) is 1.48. The molecule has 0 spiro atoms. The zero-order valence-corrected chi connectivity index (χ0v) is 15.1. The SMILES string of the molecule is C=N/C=C(\N=N/C)C(=O)N[C@H]1CC[C@H](Oc2cnc(C#N)c(Cl)c2)CC1. The highest BCUT2D eigenvalue weighted by Crippen LogP contribution is 2.26. The van der Waals surface area contributed by atoms with Crippen molar-refractivity contribution in [3.05, 3.63) is 34.9 Å². The number of pyridine rings is 1. The second-order valence-electron chi connectivity index (χ2n) is 5.68. The summed E-state index contributed by atoms with van der Waals surface area (Å²) in [6.45, 7) is 3.32. The highest BCUT2D eigenvalue weighted by Gasteiger charge is 2.25. The van der Waals surface area contributed by atoms with Crippen LogP contribution in [0.3, 0.4) is 0 Å². The van der Waals surface area contributed by atoms with Gasteiger partial charge in [0.05, 0.1) is 23.5 Å². The van der Waals surface area contributed by atoms with Crippen LogP contribution in [0.5, 0.6) is 5.75 Å². The van der Waals surface area contributed by atoms with Gasteiger partial charge in [0.25, 0.3) is 5.91 Å². The number of hydrogen-bond donors (Lipinski definition) is 1. The molecule has 0 aromatic carbocycles. The molecule has 0 aliphatic heterocycles. The van der Waals surface area contributed by atoms with Gasteiger partial charge in [-0.2, -0.15) is 10.4 Å². The molecule has 1 N–H and O–H groups in total. The lowest BCUT2D eigenvalue weighted by Crippen LogP contribution is -2.40. The number of amides is 1. The summed E-state index contributed by atoms with van der Waals surface area (Å²) in [5.74, 6) is 0.211. The predicted octanol–water partition coefficient (Wildman–Crippen LogP) is 3.04. The fraction of sp³-hybridized carbons (Fsp3) is 0.412. The smallest absolute Gasteiger partial charge is 0.273 e. The molecule has 8 nitrogen and oxygen atoms in total. The molecule has 2 rings (SSSR count). The van der Waals surface area contributed by atoms with Crippen molar-refractivity contribution in [3.63, 3.8) is 0 Å². The van der Waals surface area contributed by atoms with Crippen molar-refractivity contribution < 1.29 is 9.53 Å². The minimum atomic E-state index is -0.324. The molecule has 136 valence electrons. The molecule has 1 amide bonds. The van der Waals surface area contributed by atoms with Crippen LogP contribution in [0.1, 0.15) is 31.4 Å². The fourth-order valence-electron chi connectivity index (χ4n) is 2.67. The molecule has 1 aliphatic carbocycles. The van der Waals surface area contributed by atoms with Gasteiger partial charge in [-0.3, -0.25) is 9.79 Å². The summed E-state index contributed by atoms with van der Waals surface area (Å²) in [5.41, 5.74) is 0.298. The molecule has 1 heterocycles. The van der Waals surface area contributed by atoms with E-state index in [0.717, 1.165) is 25.7 Å². The maximum absolute atomic E-state index is 12.2. The number of ether oxygens (including phenoxy) is 1. The number of nitrogens with zero attached hydrogens (tertiary/aromatic N) is 5. The van der Waals surface area contributed by atoms with Crippen molar-refractivity contribution in [2.24, 2.45) is 15.2 Å². The maximum atomic E-state index is 12.2. The second kappa shape index (κ2) is 9.63. The molecule has 1 aromatic heterocycles. The Morgan fingerprint density at radius 3 is 2.81 bits per heavy atom. The number of aromatic nitrogens is 1. The molecule has 1 saturated carbocycles. The van der Waals surface area contributed by atoms with Crippen LogP contribution in [-0.2, 0) is 4.79 Å². The zero-order chi connectivity index (χ0) is 18.9. The summed E-state index contributed by atoms with van der Waals surface area (Å²) in [6, 6.07) is 3.53. The number of carbonyl (C=O) groups excluding carboxylic acids is 1. The molecule has 0 atom stereocenters. The molecule has 0 saturated heterocycles. The van der Waals surface area contributed by atoms with Gasteiger partial charge in [-0.05, 0) is 32.4 Å². The van der Waals surface area contributed by atoms with Crippen molar-refractivity contribution in [2.45, 2.75) is 37.8 Å². The van der Waals surface area contributed by atoms with Gasteiger partial charge in [0.2, 0.25) is 0 Å². The third kappa shape index (κ3) is 5.36. The lowest BCUT2D eigenvalue weighted by atomic mass is 9.93. The molecule has 1 aliphatic rings. The average molecular weight is 375 g/mol. The monoisotopic (exact) mass is 374 g/mol. The zero-order valence-electron chi connectivity index (χ0n) is 14.4. The van der Waals surface area contributed by atoms with Crippen LogP contribution >= 0.6 is 11.6 Å². The minimum absolute atomic E-state index is 0.00846. The van der Waals surface area contributed by atoms with Crippen molar-refractivity contribution in [3.8, 4) is 11.8 Å². The van der Waals surface area contributed by atoms with E-state index < -0.39 is 0 Å². The Balaban J connectivity index is 1.86. The van der Waals surface area contributed by atoms with Crippen molar-refractivity contribution in [1.29, 1.82) is 5.26 Å². The molecule has 9 heteroatoms. The molecule has 1 fully saturated rings. The van der Waals surface area contributed by atoms with E-state index in [-0.39, 0.29) is 34.5 Å². The molecular formula is C17H19ClN6O2. The van der Waals surface area contributed by atoms with Crippen LogP contribution in [0.15, 0.2) is 39.4 Å². The number of carbonyl (C=O) groups is 1. The van der Waals surface area contributed by atoms with Gasteiger partial charge in [-0.25, -0.2) is 4.98 Å². The van der Waals surface area contributed by atoms with Crippen LogP contribution < -0.4 is 10.1 Å². The van der Waals surface area contributed by atoms with E-state index in [9.17, 15) is 4.79 Å². The van der Waals surface area contributed by atoms with Crippen LogP contribution in [-0.4, -0.2) is 36.8 Å². The first-order chi connectivity index (χ1) is 12.6. The third-order valence-electron chi connectivity index (χ3n) is 3.89. The van der Waals surface area contributed by atoms with Gasteiger partial charge in [0, 0.05) is 19.2 Å². The number of azo groups is 1. The summed E-state index contributed by atoms with van der Waals surface area (Å²) in [4.78, 5) is 19.7. The van der Waals surface area contributed by atoms with Crippen molar-refractivity contribution in [1.82, 2.24) is 10.3 Å². The number of nitriles is 1. The molecule has 0 unspecified atom stereocenters. The number of hydrogen-bond acceptors (Lipinski definition) is 7. The standard InChI is InChI=1S/C17H19ClN6O2/c1-20-10-16(24-21-2)17(25)23-11-3-5-12(6-4-11)26-13-7-14(18)15(8-19)22-9-13/h7,9-12H,1,3-6H2,2H3,(H,23,25)/b16-10-,24-21-/t11-,12-. The molecule has 26 heavy (non-hydrogen) atoms. The lowest BCUT2D eigenvalue weighted by molar-refractivity contribution is -0.118. The summed E-state index contributed by atoms with van der Waals surface area (Å²) in [5, 5.41) is 19.4. The quantitative estimate of drug-likeness (QED) is 0.468. The first kappa shape index (κ1) is 19.5. The van der Waals surface area contributed by atoms with Gasteiger partial charge in [-0.15, -0.1) is 5.11 Å². The molecular weight excluding hydrogens is 356 g/mol. The average Bonchev–Trinajstić information content (AvgIpc) is 2.63. The second-order valence-corrected chi connectivity index (χ2v) is 6.08. The number of rotatable bonds is 6. The Kier molecular flexibility index (Phi) is 7.24. The molecule has 1 aromatic rings. The normalized spacial score (nSPS) is 20.4. The van der Waals surface area contributed by atoms with Gasteiger partial charge < -0.3 is 10.1 Å². The highest BCUT2D eigenvalue weighted by molar-refractivity contribution is 6.31. The Morgan fingerprint density at radius 2 is 2.23 bits per heavy atom.